The van der Waals surface area contributed by atoms with E-state index in [1.807, 2.05) is 0 Å². The minimum absolute atomic E-state index is 0.0548. The number of alkyl halides is 3. The maximum absolute atomic E-state index is 13.0. The number of rotatable bonds is 2. The molecule has 0 spiro atoms. The molecule has 5 heteroatoms. The molecule has 19 heavy (non-hydrogen) atoms. The zero-order valence-corrected chi connectivity index (χ0v) is 10.2. The van der Waals surface area contributed by atoms with Crippen LogP contribution in [0.4, 0.5) is 18.9 Å². The third-order valence-electron chi connectivity index (χ3n) is 2.73. The van der Waals surface area contributed by atoms with Crippen LogP contribution in [0.1, 0.15) is 5.56 Å². The quantitative estimate of drug-likeness (QED) is 0.836. The molecule has 0 unspecified atom stereocenters. The molecule has 0 heterocycles. The van der Waals surface area contributed by atoms with Crippen molar-refractivity contribution < 1.29 is 17.9 Å². The number of halogens is 3. The van der Waals surface area contributed by atoms with Crippen molar-refractivity contribution >= 4 is 5.69 Å². The number of methoxy groups -OCH3 is 1. The molecule has 0 saturated heterocycles. The van der Waals surface area contributed by atoms with Crippen LogP contribution < -0.4 is 10.5 Å². The molecule has 0 saturated carbocycles. The van der Waals surface area contributed by atoms with Crippen LogP contribution in [0.15, 0.2) is 42.5 Å². The van der Waals surface area contributed by atoms with Gasteiger partial charge in [0.2, 0.25) is 0 Å². The van der Waals surface area contributed by atoms with Crippen molar-refractivity contribution in [2.75, 3.05) is 12.8 Å². The molecule has 2 aromatic rings. The van der Waals surface area contributed by atoms with E-state index >= 15 is 0 Å². The van der Waals surface area contributed by atoms with E-state index in [9.17, 15) is 13.2 Å². The van der Waals surface area contributed by atoms with Crippen LogP contribution in [0.2, 0.25) is 0 Å². The highest BCUT2D eigenvalue weighted by Crippen LogP contribution is 2.39. The first-order valence-corrected chi connectivity index (χ1v) is 5.53. The fourth-order valence-electron chi connectivity index (χ4n) is 1.84. The summed E-state index contributed by atoms with van der Waals surface area (Å²) in [5.41, 5.74) is 5.78. The summed E-state index contributed by atoms with van der Waals surface area (Å²) in [6, 6.07) is 9.99. The third kappa shape index (κ3) is 2.81. The Morgan fingerprint density at radius 1 is 1.05 bits per heavy atom. The van der Waals surface area contributed by atoms with Crippen molar-refractivity contribution in [3.8, 4) is 16.9 Å². The normalized spacial score (nSPS) is 11.4. The van der Waals surface area contributed by atoms with Gasteiger partial charge < -0.3 is 10.5 Å². The van der Waals surface area contributed by atoms with Gasteiger partial charge in [-0.15, -0.1) is 0 Å². The fourth-order valence-corrected chi connectivity index (χ4v) is 1.84. The lowest BCUT2D eigenvalue weighted by atomic mass is 9.98. The standard InChI is InChI=1S/C14H12F3NO/c1-19-11-5-6-13(14(15,16)17)12(8-11)9-3-2-4-10(18)7-9/h2-8H,18H2,1H3. The Kier molecular flexibility index (Phi) is 3.38. The summed E-state index contributed by atoms with van der Waals surface area (Å²) in [4.78, 5) is 0. The largest absolute Gasteiger partial charge is 0.497 e. The lowest BCUT2D eigenvalue weighted by Gasteiger charge is -2.14. The van der Waals surface area contributed by atoms with Crippen LogP contribution in [0.25, 0.3) is 11.1 Å². The van der Waals surface area contributed by atoms with Crippen LogP contribution in [0.5, 0.6) is 5.75 Å². The van der Waals surface area contributed by atoms with Gasteiger partial charge in [0.05, 0.1) is 12.7 Å². The fraction of sp³-hybridized carbons (Fsp3) is 0.143. The van der Waals surface area contributed by atoms with E-state index in [4.69, 9.17) is 10.5 Å². The predicted molar refractivity (Wildman–Crippen MR) is 67.8 cm³/mol. The van der Waals surface area contributed by atoms with Gasteiger partial charge in [-0.3, -0.25) is 0 Å². The Morgan fingerprint density at radius 3 is 2.37 bits per heavy atom. The first-order chi connectivity index (χ1) is 8.91. The summed E-state index contributed by atoms with van der Waals surface area (Å²) in [7, 11) is 1.41. The van der Waals surface area contributed by atoms with Gasteiger partial charge in [-0.1, -0.05) is 12.1 Å². The Morgan fingerprint density at radius 2 is 1.79 bits per heavy atom. The first-order valence-electron chi connectivity index (χ1n) is 5.53. The van der Waals surface area contributed by atoms with Crippen LogP contribution >= 0.6 is 0 Å². The molecule has 0 aliphatic carbocycles. The van der Waals surface area contributed by atoms with Crippen molar-refractivity contribution in [1.82, 2.24) is 0 Å². The molecule has 0 bridgehead atoms. The van der Waals surface area contributed by atoms with Gasteiger partial charge in [0.1, 0.15) is 5.75 Å². The van der Waals surface area contributed by atoms with E-state index in [1.54, 1.807) is 18.2 Å². The monoisotopic (exact) mass is 267 g/mol. The SMILES string of the molecule is COc1ccc(C(F)(F)F)c(-c2cccc(N)c2)c1. The minimum atomic E-state index is -4.42. The number of hydrogen-bond acceptors (Lipinski definition) is 2. The average Bonchev–Trinajstić information content (AvgIpc) is 2.37. The van der Waals surface area contributed by atoms with Crippen molar-refractivity contribution in [3.63, 3.8) is 0 Å². The predicted octanol–water partition coefficient (Wildman–Crippen LogP) is 3.96. The Labute approximate surface area is 108 Å². The zero-order chi connectivity index (χ0) is 14.0. The van der Waals surface area contributed by atoms with E-state index in [2.05, 4.69) is 0 Å². The number of nitrogens with two attached hydrogens (primary N) is 1. The van der Waals surface area contributed by atoms with E-state index in [1.165, 1.54) is 25.3 Å². The Balaban J connectivity index is 2.65. The molecule has 2 rings (SSSR count). The van der Waals surface area contributed by atoms with E-state index in [0.29, 0.717) is 17.0 Å². The van der Waals surface area contributed by atoms with E-state index < -0.39 is 11.7 Å². The first kappa shape index (κ1) is 13.3. The molecule has 0 radical (unpaired) electrons. The highest BCUT2D eigenvalue weighted by Gasteiger charge is 2.33. The lowest BCUT2D eigenvalue weighted by Crippen LogP contribution is -2.07. The number of ether oxygens (including phenoxy) is 1. The average molecular weight is 267 g/mol. The number of benzene rings is 2. The van der Waals surface area contributed by atoms with Crippen LogP contribution in [-0.2, 0) is 6.18 Å². The van der Waals surface area contributed by atoms with Crippen molar-refractivity contribution in [2.45, 2.75) is 6.18 Å². The Bertz CT molecular complexity index is 593. The third-order valence-corrected chi connectivity index (χ3v) is 2.73. The van der Waals surface area contributed by atoms with E-state index in [0.717, 1.165) is 6.07 Å². The maximum Gasteiger partial charge on any atom is 0.417 e. The summed E-state index contributed by atoms with van der Waals surface area (Å²) in [6.45, 7) is 0. The van der Waals surface area contributed by atoms with Gasteiger partial charge in [-0.2, -0.15) is 13.2 Å². The number of anilines is 1. The Hall–Kier alpha value is -2.17. The molecule has 100 valence electrons. The van der Waals surface area contributed by atoms with Gasteiger partial charge in [0.15, 0.2) is 0 Å². The van der Waals surface area contributed by atoms with Gasteiger partial charge >= 0.3 is 6.18 Å². The van der Waals surface area contributed by atoms with Crippen molar-refractivity contribution in [3.05, 3.63) is 48.0 Å². The number of nitrogen functional groups attached to an aromatic ring is 1. The van der Waals surface area contributed by atoms with Crippen LogP contribution in [-0.4, -0.2) is 7.11 Å². The lowest BCUT2D eigenvalue weighted by molar-refractivity contribution is -0.137. The molecule has 0 aliphatic heterocycles. The smallest absolute Gasteiger partial charge is 0.417 e. The second kappa shape index (κ2) is 4.84. The summed E-state index contributed by atoms with van der Waals surface area (Å²) in [6.07, 6.45) is -4.42. The molecule has 2 N–H and O–H groups in total. The topological polar surface area (TPSA) is 35.2 Å². The molecule has 0 atom stereocenters. The molecular formula is C14H12F3NO. The summed E-state index contributed by atoms with van der Waals surface area (Å²) in [5.74, 6) is 0.366. The molecular weight excluding hydrogens is 255 g/mol. The molecule has 0 amide bonds. The second-order valence-corrected chi connectivity index (χ2v) is 4.03. The zero-order valence-electron chi connectivity index (χ0n) is 10.2. The van der Waals surface area contributed by atoms with Crippen LogP contribution in [0, 0.1) is 0 Å². The highest BCUT2D eigenvalue weighted by molar-refractivity contribution is 5.72. The van der Waals surface area contributed by atoms with Gasteiger partial charge in [0, 0.05) is 5.69 Å². The van der Waals surface area contributed by atoms with E-state index in [-0.39, 0.29) is 5.56 Å². The number of hydrogen-bond donors (Lipinski definition) is 1. The van der Waals surface area contributed by atoms with Gasteiger partial charge in [-0.05, 0) is 41.5 Å². The highest BCUT2D eigenvalue weighted by atomic mass is 19.4. The minimum Gasteiger partial charge on any atom is -0.497 e. The van der Waals surface area contributed by atoms with Crippen LogP contribution in [0.3, 0.4) is 0 Å². The molecule has 0 aliphatic rings. The summed E-state index contributed by atoms with van der Waals surface area (Å²) in [5, 5.41) is 0. The maximum atomic E-state index is 13.0. The van der Waals surface area contributed by atoms with Gasteiger partial charge in [-0.25, -0.2) is 0 Å². The second-order valence-electron chi connectivity index (χ2n) is 4.03. The summed E-state index contributed by atoms with van der Waals surface area (Å²) >= 11 is 0. The molecule has 0 fully saturated rings. The molecule has 2 nitrogen and oxygen atoms in total. The van der Waals surface area contributed by atoms with Crippen molar-refractivity contribution in [1.29, 1.82) is 0 Å². The molecule has 2 aromatic carbocycles. The molecule has 0 aromatic heterocycles. The summed E-state index contributed by atoms with van der Waals surface area (Å²) < 4.78 is 44.0. The van der Waals surface area contributed by atoms with Gasteiger partial charge in [0.25, 0.3) is 0 Å². The van der Waals surface area contributed by atoms with Crippen molar-refractivity contribution in [2.24, 2.45) is 0 Å².